The fourth-order valence-corrected chi connectivity index (χ4v) is 2.22. The third-order valence-corrected chi connectivity index (χ3v) is 3.34. The van der Waals surface area contributed by atoms with Gasteiger partial charge < -0.3 is 4.74 Å². The summed E-state index contributed by atoms with van der Waals surface area (Å²) >= 11 is 0. The van der Waals surface area contributed by atoms with E-state index in [1.165, 1.54) is 0 Å². The third kappa shape index (κ3) is 3.21. The number of carbonyl (C=O) groups is 4. The Hall–Kier alpha value is -2.74. The molecule has 3 amide bonds. The maximum Gasteiger partial charge on any atom is 0.345 e. The van der Waals surface area contributed by atoms with Gasteiger partial charge in [-0.25, -0.2) is 4.79 Å². The normalized spacial score (nSPS) is 20.0. The first-order valence-electron chi connectivity index (χ1n) is 6.97. The second-order valence-electron chi connectivity index (χ2n) is 4.83. The maximum absolute atomic E-state index is 12.2. The third-order valence-electron chi connectivity index (χ3n) is 3.34. The molecule has 1 heterocycles. The van der Waals surface area contributed by atoms with Crippen LogP contribution in [0.4, 0.5) is 0 Å². The molecule has 1 atom stereocenters. The van der Waals surface area contributed by atoms with Gasteiger partial charge in [0.15, 0.2) is 0 Å². The fraction of sp³-hybridized carbons (Fsp3) is 0.333. The van der Waals surface area contributed by atoms with Crippen LogP contribution < -0.4 is 5.32 Å². The minimum absolute atomic E-state index is 0.00651. The zero-order chi connectivity index (χ0) is 16.9. The van der Waals surface area contributed by atoms with Crippen molar-refractivity contribution < 1.29 is 28.8 Å². The molecule has 0 radical (unpaired) electrons. The zero-order valence-electron chi connectivity index (χ0n) is 12.5. The summed E-state index contributed by atoms with van der Waals surface area (Å²) in [5, 5.41) is 2.55. The van der Waals surface area contributed by atoms with E-state index in [4.69, 9.17) is 9.57 Å². The predicted molar refractivity (Wildman–Crippen MR) is 76.3 cm³/mol. The number of imide groups is 1. The summed E-state index contributed by atoms with van der Waals surface area (Å²) < 4.78 is 4.85. The van der Waals surface area contributed by atoms with Gasteiger partial charge in [-0.15, -0.1) is 0 Å². The van der Waals surface area contributed by atoms with E-state index in [1.807, 2.05) is 11.4 Å². The van der Waals surface area contributed by atoms with Crippen molar-refractivity contribution in [1.82, 2.24) is 10.4 Å². The number of esters is 1. The number of nitrogens with zero attached hydrogens (tertiary/aromatic N) is 1. The lowest BCUT2D eigenvalue weighted by Gasteiger charge is -2.31. The molecule has 8 heteroatoms. The molecule has 0 aliphatic carbocycles. The summed E-state index contributed by atoms with van der Waals surface area (Å²) in [4.78, 5) is 52.6. The number of hydrogen-bond acceptors (Lipinski definition) is 6. The van der Waals surface area contributed by atoms with Gasteiger partial charge in [-0.3, -0.25) is 24.5 Å². The van der Waals surface area contributed by atoms with E-state index in [-0.39, 0.29) is 19.6 Å². The van der Waals surface area contributed by atoms with E-state index in [9.17, 15) is 19.2 Å². The standard InChI is InChI=1S/C15H16N2O6/c1-2-22-14(21)15(8-12(19)16-13(15)20)17(10-18)23-9-11-6-4-3-5-7-11/h3-7,10H,2,8-9H2,1H3,(H,16,19,20). The molecular formula is C15H16N2O6. The monoisotopic (exact) mass is 320 g/mol. The molecule has 1 aliphatic rings. The van der Waals surface area contributed by atoms with E-state index in [0.717, 1.165) is 5.56 Å². The molecule has 1 saturated heterocycles. The number of rotatable bonds is 7. The predicted octanol–water partition coefficient (Wildman–Crippen LogP) is -0.0750. The lowest BCUT2D eigenvalue weighted by Crippen LogP contribution is -2.59. The van der Waals surface area contributed by atoms with Crippen LogP contribution in [0.5, 0.6) is 0 Å². The molecule has 1 unspecified atom stereocenters. The quantitative estimate of drug-likeness (QED) is 0.248. The smallest absolute Gasteiger partial charge is 0.345 e. The minimum atomic E-state index is -2.14. The van der Waals surface area contributed by atoms with Crippen LogP contribution in [-0.2, 0) is 35.4 Å². The van der Waals surface area contributed by atoms with Crippen LogP contribution in [0, 0.1) is 0 Å². The van der Waals surface area contributed by atoms with E-state index < -0.39 is 29.7 Å². The molecule has 0 aromatic heterocycles. The summed E-state index contributed by atoms with van der Waals surface area (Å²) in [7, 11) is 0. The Bertz CT molecular complexity index is 618. The second kappa shape index (κ2) is 7.01. The molecule has 0 bridgehead atoms. The van der Waals surface area contributed by atoms with Gasteiger partial charge in [0.1, 0.15) is 6.61 Å². The average Bonchev–Trinajstić information content (AvgIpc) is 2.85. The van der Waals surface area contributed by atoms with Gasteiger partial charge in [0, 0.05) is 0 Å². The fourth-order valence-electron chi connectivity index (χ4n) is 2.22. The first kappa shape index (κ1) is 16.6. The van der Waals surface area contributed by atoms with Crippen molar-refractivity contribution in [2.24, 2.45) is 0 Å². The van der Waals surface area contributed by atoms with Gasteiger partial charge in [-0.05, 0) is 12.5 Å². The van der Waals surface area contributed by atoms with Gasteiger partial charge in [0.25, 0.3) is 11.4 Å². The first-order chi connectivity index (χ1) is 11.0. The van der Waals surface area contributed by atoms with Crippen molar-refractivity contribution in [3.05, 3.63) is 35.9 Å². The van der Waals surface area contributed by atoms with Crippen LogP contribution in [-0.4, -0.2) is 41.4 Å². The lowest BCUT2D eigenvalue weighted by molar-refractivity contribution is -0.222. The first-order valence-corrected chi connectivity index (χ1v) is 6.97. The van der Waals surface area contributed by atoms with E-state index >= 15 is 0 Å². The molecular weight excluding hydrogens is 304 g/mol. The Balaban J connectivity index is 2.25. The Morgan fingerprint density at radius 3 is 2.57 bits per heavy atom. The highest BCUT2D eigenvalue weighted by Gasteiger charge is 2.59. The Morgan fingerprint density at radius 2 is 2.04 bits per heavy atom. The molecule has 122 valence electrons. The number of amides is 3. The Morgan fingerprint density at radius 1 is 1.35 bits per heavy atom. The highest BCUT2D eigenvalue weighted by molar-refractivity contribution is 6.20. The number of ether oxygens (including phenoxy) is 1. The van der Waals surface area contributed by atoms with Gasteiger partial charge in [-0.1, -0.05) is 30.3 Å². The number of hydrogen-bond donors (Lipinski definition) is 1. The largest absolute Gasteiger partial charge is 0.464 e. The highest BCUT2D eigenvalue weighted by atomic mass is 16.7. The molecule has 1 fully saturated rings. The molecule has 1 aromatic rings. The molecule has 8 nitrogen and oxygen atoms in total. The van der Waals surface area contributed by atoms with Crippen LogP contribution in [0.3, 0.4) is 0 Å². The average molecular weight is 320 g/mol. The summed E-state index contributed by atoms with van der Waals surface area (Å²) in [5.41, 5.74) is -1.41. The summed E-state index contributed by atoms with van der Waals surface area (Å²) in [6.45, 7) is 1.49. The van der Waals surface area contributed by atoms with Crippen molar-refractivity contribution in [3.63, 3.8) is 0 Å². The van der Waals surface area contributed by atoms with Crippen LogP contribution >= 0.6 is 0 Å². The molecule has 1 N–H and O–H groups in total. The number of hydroxylamine groups is 2. The minimum Gasteiger partial charge on any atom is -0.464 e. The van der Waals surface area contributed by atoms with Crippen molar-refractivity contribution in [2.45, 2.75) is 25.5 Å². The van der Waals surface area contributed by atoms with Gasteiger partial charge in [0.2, 0.25) is 12.3 Å². The summed E-state index contributed by atoms with van der Waals surface area (Å²) in [5.74, 6) is -2.64. The highest BCUT2D eigenvalue weighted by Crippen LogP contribution is 2.27. The second-order valence-corrected chi connectivity index (χ2v) is 4.83. The molecule has 23 heavy (non-hydrogen) atoms. The number of nitrogens with one attached hydrogen (secondary N) is 1. The molecule has 2 rings (SSSR count). The van der Waals surface area contributed by atoms with Gasteiger partial charge in [-0.2, -0.15) is 5.06 Å². The molecule has 1 aromatic carbocycles. The van der Waals surface area contributed by atoms with E-state index in [2.05, 4.69) is 0 Å². The number of carbonyl (C=O) groups excluding carboxylic acids is 4. The SMILES string of the molecule is CCOC(=O)C1(N(C=O)OCc2ccccc2)CC(=O)NC1=O. The Kier molecular flexibility index (Phi) is 5.07. The summed E-state index contributed by atoms with van der Waals surface area (Å²) in [6.07, 6.45) is -0.351. The van der Waals surface area contributed by atoms with Crippen LogP contribution in [0.1, 0.15) is 18.9 Å². The van der Waals surface area contributed by atoms with Crippen LogP contribution in [0.15, 0.2) is 30.3 Å². The van der Waals surface area contributed by atoms with Gasteiger partial charge >= 0.3 is 5.97 Å². The van der Waals surface area contributed by atoms with Crippen molar-refractivity contribution in [1.29, 1.82) is 0 Å². The van der Waals surface area contributed by atoms with Crippen LogP contribution in [0.2, 0.25) is 0 Å². The summed E-state index contributed by atoms with van der Waals surface area (Å²) in [6, 6.07) is 8.86. The molecule has 1 aliphatic heterocycles. The Labute approximate surface area is 132 Å². The van der Waals surface area contributed by atoms with Crippen LogP contribution in [0.25, 0.3) is 0 Å². The molecule has 0 spiro atoms. The van der Waals surface area contributed by atoms with Gasteiger partial charge in [0.05, 0.1) is 13.0 Å². The van der Waals surface area contributed by atoms with Crippen molar-refractivity contribution in [2.75, 3.05) is 6.61 Å². The van der Waals surface area contributed by atoms with Crippen molar-refractivity contribution >= 4 is 24.2 Å². The lowest BCUT2D eigenvalue weighted by atomic mass is 9.97. The topological polar surface area (TPSA) is 102 Å². The number of benzene rings is 1. The molecule has 0 saturated carbocycles. The van der Waals surface area contributed by atoms with Crippen molar-refractivity contribution in [3.8, 4) is 0 Å². The van der Waals surface area contributed by atoms with E-state index in [1.54, 1.807) is 31.2 Å². The maximum atomic E-state index is 12.2. The zero-order valence-corrected chi connectivity index (χ0v) is 12.5. The van der Waals surface area contributed by atoms with E-state index in [0.29, 0.717) is 5.06 Å².